The molecular formula is C28H24N4O3S2. The maximum absolute atomic E-state index is 13.1. The van der Waals surface area contributed by atoms with E-state index in [1.165, 1.54) is 11.8 Å². The van der Waals surface area contributed by atoms with Crippen LogP contribution in [0.1, 0.15) is 11.4 Å². The first-order chi connectivity index (χ1) is 17.9. The Kier molecular flexibility index (Phi) is 7.07. The van der Waals surface area contributed by atoms with Gasteiger partial charge in [0, 0.05) is 11.4 Å². The van der Waals surface area contributed by atoms with E-state index in [1.54, 1.807) is 28.8 Å². The minimum atomic E-state index is -3.65. The summed E-state index contributed by atoms with van der Waals surface area (Å²) in [6, 6.07) is 29.7. The van der Waals surface area contributed by atoms with Crippen LogP contribution in [-0.2, 0) is 20.4 Å². The Labute approximate surface area is 219 Å². The van der Waals surface area contributed by atoms with Crippen molar-refractivity contribution in [1.29, 1.82) is 0 Å². The van der Waals surface area contributed by atoms with Crippen molar-refractivity contribution in [2.24, 2.45) is 0 Å². The van der Waals surface area contributed by atoms with Crippen molar-refractivity contribution >= 4 is 44.0 Å². The maximum Gasteiger partial charge on any atom is 0.234 e. The Morgan fingerprint density at radius 3 is 2.32 bits per heavy atom. The lowest BCUT2D eigenvalue weighted by molar-refractivity contribution is -0.113. The van der Waals surface area contributed by atoms with Crippen LogP contribution in [-0.4, -0.2) is 34.8 Å². The molecule has 0 fully saturated rings. The van der Waals surface area contributed by atoms with E-state index in [0.717, 1.165) is 22.0 Å². The lowest BCUT2D eigenvalue weighted by Crippen LogP contribution is -2.15. The van der Waals surface area contributed by atoms with Gasteiger partial charge in [0.2, 0.25) is 5.91 Å². The van der Waals surface area contributed by atoms with Crippen LogP contribution in [0, 0.1) is 6.92 Å². The van der Waals surface area contributed by atoms with E-state index in [4.69, 9.17) is 0 Å². The van der Waals surface area contributed by atoms with Gasteiger partial charge in [0.25, 0.3) is 0 Å². The number of fused-ring (bicyclic) bond motifs is 1. The highest BCUT2D eigenvalue weighted by Gasteiger charge is 2.23. The van der Waals surface area contributed by atoms with Crippen molar-refractivity contribution in [3.05, 3.63) is 108 Å². The number of anilines is 1. The summed E-state index contributed by atoms with van der Waals surface area (Å²) >= 11 is 1.20. The van der Waals surface area contributed by atoms with Crippen molar-refractivity contribution in [3.8, 4) is 5.69 Å². The van der Waals surface area contributed by atoms with Crippen LogP contribution in [0.4, 0.5) is 5.69 Å². The molecular weight excluding hydrogens is 504 g/mol. The molecule has 0 aliphatic heterocycles. The number of aryl methyl sites for hydroxylation is 1. The molecule has 186 valence electrons. The fourth-order valence-corrected chi connectivity index (χ4v) is 5.93. The van der Waals surface area contributed by atoms with E-state index < -0.39 is 9.84 Å². The normalized spacial score (nSPS) is 11.5. The summed E-state index contributed by atoms with van der Waals surface area (Å²) in [6.07, 6.45) is 0. The molecule has 0 aliphatic rings. The first-order valence-electron chi connectivity index (χ1n) is 11.6. The third kappa shape index (κ3) is 5.73. The highest BCUT2D eigenvalue weighted by atomic mass is 32.2. The highest BCUT2D eigenvalue weighted by Crippen LogP contribution is 2.25. The number of thioether (sulfide) groups is 1. The number of nitrogens with zero attached hydrogens (tertiary/aromatic N) is 3. The molecule has 9 heteroatoms. The lowest BCUT2D eigenvalue weighted by Gasteiger charge is -2.11. The molecule has 37 heavy (non-hydrogen) atoms. The van der Waals surface area contributed by atoms with Crippen molar-refractivity contribution in [1.82, 2.24) is 14.8 Å². The summed E-state index contributed by atoms with van der Waals surface area (Å²) in [7, 11) is -3.65. The largest absolute Gasteiger partial charge is 0.325 e. The van der Waals surface area contributed by atoms with Crippen LogP contribution in [0.2, 0.25) is 0 Å². The first-order valence-corrected chi connectivity index (χ1v) is 14.2. The molecule has 7 nitrogen and oxygen atoms in total. The fraction of sp³-hybridized carbons (Fsp3) is 0.107. The summed E-state index contributed by atoms with van der Waals surface area (Å²) in [5.41, 5.74) is 2.41. The van der Waals surface area contributed by atoms with Gasteiger partial charge < -0.3 is 5.32 Å². The summed E-state index contributed by atoms with van der Waals surface area (Å²) in [6.45, 7) is 1.90. The van der Waals surface area contributed by atoms with Gasteiger partial charge in [-0.05, 0) is 54.1 Å². The first kappa shape index (κ1) is 24.7. The van der Waals surface area contributed by atoms with Gasteiger partial charge in [-0.1, -0.05) is 78.0 Å². The molecule has 0 bridgehead atoms. The van der Waals surface area contributed by atoms with Crippen LogP contribution in [0.25, 0.3) is 16.5 Å². The second kappa shape index (κ2) is 10.6. The monoisotopic (exact) mass is 528 g/mol. The van der Waals surface area contributed by atoms with Crippen molar-refractivity contribution in [2.75, 3.05) is 11.1 Å². The van der Waals surface area contributed by atoms with E-state index in [2.05, 4.69) is 15.5 Å². The smallest absolute Gasteiger partial charge is 0.234 e. The van der Waals surface area contributed by atoms with Crippen molar-refractivity contribution in [3.63, 3.8) is 0 Å². The molecule has 0 saturated heterocycles. The molecule has 4 aromatic carbocycles. The number of aromatic nitrogens is 3. The van der Waals surface area contributed by atoms with Gasteiger partial charge in [0.1, 0.15) is 5.75 Å². The van der Waals surface area contributed by atoms with Gasteiger partial charge in [0.15, 0.2) is 20.8 Å². The molecule has 0 aliphatic carbocycles. The number of carbonyl (C=O) groups excluding carboxylic acids is 1. The Morgan fingerprint density at radius 2 is 1.57 bits per heavy atom. The van der Waals surface area contributed by atoms with E-state index >= 15 is 0 Å². The highest BCUT2D eigenvalue weighted by molar-refractivity contribution is 7.99. The Hall–Kier alpha value is -3.95. The van der Waals surface area contributed by atoms with Gasteiger partial charge in [-0.15, -0.1) is 10.2 Å². The van der Waals surface area contributed by atoms with Crippen molar-refractivity contribution < 1.29 is 13.2 Å². The summed E-state index contributed by atoms with van der Waals surface area (Å²) in [5, 5.41) is 13.9. The van der Waals surface area contributed by atoms with Crippen LogP contribution in [0.5, 0.6) is 0 Å². The quantitative estimate of drug-likeness (QED) is 0.270. The predicted molar refractivity (Wildman–Crippen MR) is 147 cm³/mol. The van der Waals surface area contributed by atoms with Crippen LogP contribution >= 0.6 is 11.8 Å². The topological polar surface area (TPSA) is 94.0 Å². The molecule has 0 saturated carbocycles. The Bertz CT molecular complexity index is 1670. The summed E-state index contributed by atoms with van der Waals surface area (Å²) in [4.78, 5) is 13.0. The third-order valence-electron chi connectivity index (χ3n) is 5.78. The molecule has 0 radical (unpaired) electrons. The second-order valence-electron chi connectivity index (χ2n) is 8.54. The molecule has 0 spiro atoms. The number of rotatable bonds is 8. The minimum Gasteiger partial charge on any atom is -0.325 e. The van der Waals surface area contributed by atoms with Crippen LogP contribution < -0.4 is 5.32 Å². The number of sulfone groups is 1. The predicted octanol–water partition coefficient (Wildman–Crippen LogP) is 5.43. The fourth-order valence-electron chi connectivity index (χ4n) is 3.92. The van der Waals surface area contributed by atoms with Gasteiger partial charge in [-0.25, -0.2) is 8.42 Å². The SMILES string of the molecule is Cc1ccc(S(=O)(=O)Cc2nnc(SCC(=O)Nc3ccc4ccccc4c3)n2-c2ccccc2)cc1. The van der Waals surface area contributed by atoms with E-state index in [1.807, 2.05) is 79.7 Å². The van der Waals surface area contributed by atoms with Crippen molar-refractivity contribution in [2.45, 2.75) is 22.7 Å². The zero-order valence-corrected chi connectivity index (χ0v) is 21.7. The van der Waals surface area contributed by atoms with E-state index in [0.29, 0.717) is 10.8 Å². The number of hydrogen-bond acceptors (Lipinski definition) is 6. The number of para-hydroxylation sites is 1. The standard InChI is InChI=1S/C28H24N4O3S2/c1-20-11-15-25(16-12-20)37(34,35)19-26-30-31-28(32(26)24-9-3-2-4-10-24)36-18-27(33)29-23-14-13-21-7-5-6-8-22(21)17-23/h2-17H,18-19H2,1H3,(H,29,33). The number of carbonyl (C=O) groups is 1. The Balaban J connectivity index is 1.36. The van der Waals surface area contributed by atoms with Gasteiger partial charge in [0.05, 0.1) is 10.6 Å². The molecule has 1 N–H and O–H groups in total. The Morgan fingerprint density at radius 1 is 0.865 bits per heavy atom. The van der Waals surface area contributed by atoms with E-state index in [-0.39, 0.29) is 28.1 Å². The maximum atomic E-state index is 13.1. The number of hydrogen-bond donors (Lipinski definition) is 1. The molecule has 1 heterocycles. The summed E-state index contributed by atoms with van der Waals surface area (Å²) < 4.78 is 27.9. The minimum absolute atomic E-state index is 0.0858. The molecule has 0 atom stereocenters. The zero-order chi connectivity index (χ0) is 25.8. The zero-order valence-electron chi connectivity index (χ0n) is 20.0. The van der Waals surface area contributed by atoms with E-state index in [9.17, 15) is 13.2 Å². The third-order valence-corrected chi connectivity index (χ3v) is 8.34. The number of amides is 1. The average Bonchev–Trinajstić information content (AvgIpc) is 3.29. The second-order valence-corrected chi connectivity index (χ2v) is 11.5. The molecule has 5 aromatic rings. The number of nitrogens with one attached hydrogen (secondary N) is 1. The van der Waals surface area contributed by atoms with Crippen LogP contribution in [0.3, 0.4) is 0 Å². The molecule has 5 rings (SSSR count). The van der Waals surface area contributed by atoms with Crippen LogP contribution in [0.15, 0.2) is 107 Å². The molecule has 0 unspecified atom stereocenters. The molecule has 1 amide bonds. The van der Waals surface area contributed by atoms with Gasteiger partial charge >= 0.3 is 0 Å². The lowest BCUT2D eigenvalue weighted by atomic mass is 10.1. The van der Waals surface area contributed by atoms with Gasteiger partial charge in [-0.3, -0.25) is 9.36 Å². The number of benzene rings is 4. The average molecular weight is 529 g/mol. The van der Waals surface area contributed by atoms with Gasteiger partial charge in [-0.2, -0.15) is 0 Å². The summed E-state index contributed by atoms with van der Waals surface area (Å²) in [5.74, 6) is -0.148. The molecule has 1 aromatic heterocycles.